The average molecular weight is 1020 g/mol. The summed E-state index contributed by atoms with van der Waals surface area (Å²) >= 11 is 0. The van der Waals surface area contributed by atoms with Crippen molar-refractivity contribution in [1.82, 2.24) is 19.1 Å². The van der Waals surface area contributed by atoms with E-state index in [1.807, 2.05) is 0 Å². The zero-order valence-electron chi connectivity index (χ0n) is 47.8. The summed E-state index contributed by atoms with van der Waals surface area (Å²) in [5.74, 6) is 0.704. The summed E-state index contributed by atoms with van der Waals surface area (Å²) < 4.78 is 5.19. The molecule has 79 heavy (non-hydrogen) atoms. The highest BCUT2D eigenvalue weighted by molar-refractivity contribution is 7.00. The van der Waals surface area contributed by atoms with Crippen molar-refractivity contribution >= 4 is 66.7 Å². The Kier molecular flexibility index (Phi) is 10.6. The molecule has 0 saturated carbocycles. The van der Waals surface area contributed by atoms with Crippen LogP contribution in [0.2, 0.25) is 0 Å². The molecule has 2 aliphatic heterocycles. The smallest absolute Gasteiger partial charge is 0.252 e. The van der Waals surface area contributed by atoms with Crippen LogP contribution in [-0.2, 0) is 21.7 Å². The minimum absolute atomic E-state index is 0.00120. The summed E-state index contributed by atoms with van der Waals surface area (Å²) in [7, 11) is 0. The maximum Gasteiger partial charge on any atom is 0.252 e. The van der Waals surface area contributed by atoms with Crippen LogP contribution in [0, 0.1) is 0 Å². The predicted octanol–water partition coefficient (Wildman–Crippen LogP) is 17.3. The number of hydrogen-bond donors (Lipinski definition) is 0. The van der Waals surface area contributed by atoms with Gasteiger partial charge in [-0.1, -0.05) is 229 Å². The second kappa shape index (κ2) is 17.1. The van der Waals surface area contributed by atoms with Crippen LogP contribution in [0.15, 0.2) is 188 Å². The van der Waals surface area contributed by atoms with Gasteiger partial charge in [0.15, 0.2) is 5.82 Å². The van der Waals surface area contributed by atoms with Gasteiger partial charge in [-0.3, -0.25) is 0 Å². The van der Waals surface area contributed by atoms with Gasteiger partial charge in [-0.2, -0.15) is 0 Å². The molecule has 0 spiro atoms. The molecule has 0 fully saturated rings. The molecule has 0 aliphatic carbocycles. The molecule has 0 bridgehead atoms. The topological polar surface area (TPSA) is 35.6 Å². The Morgan fingerprint density at radius 1 is 0.316 bits per heavy atom. The molecule has 9 aromatic carbocycles. The van der Waals surface area contributed by atoms with Crippen LogP contribution in [0.4, 0.5) is 0 Å². The molecule has 14 rings (SSSR count). The van der Waals surface area contributed by atoms with Crippen LogP contribution in [0.25, 0.3) is 111 Å². The van der Waals surface area contributed by atoms with E-state index in [0.717, 1.165) is 28.1 Å². The number of rotatable bonds is 5. The summed E-state index contributed by atoms with van der Waals surface area (Å²) in [6.07, 6.45) is 0. The maximum absolute atomic E-state index is 5.50. The van der Waals surface area contributed by atoms with Crippen LogP contribution in [0.1, 0.15) is 105 Å². The lowest BCUT2D eigenvalue weighted by atomic mass is 9.34. The van der Waals surface area contributed by atoms with Gasteiger partial charge in [0.2, 0.25) is 0 Å². The normalized spacial score (nSPS) is 13.3. The first-order valence-electron chi connectivity index (χ1n) is 28.3. The molecular weight excluding hydrogens is 956 g/mol. The van der Waals surface area contributed by atoms with Gasteiger partial charge in [0, 0.05) is 60.6 Å². The van der Waals surface area contributed by atoms with Crippen molar-refractivity contribution in [3.05, 3.63) is 210 Å². The van der Waals surface area contributed by atoms with Crippen LogP contribution >= 0.6 is 0 Å². The first-order valence-corrected chi connectivity index (χ1v) is 28.3. The maximum atomic E-state index is 5.50. The molecule has 0 saturated heterocycles. The molecular formula is C74H67BN4. The van der Waals surface area contributed by atoms with E-state index in [1.54, 1.807) is 0 Å². The lowest BCUT2D eigenvalue weighted by Crippen LogP contribution is -2.59. The second-order valence-electron chi connectivity index (χ2n) is 26.8. The lowest BCUT2D eigenvalue weighted by molar-refractivity contribution is 0.568. The van der Waals surface area contributed by atoms with E-state index < -0.39 is 0 Å². The summed E-state index contributed by atoms with van der Waals surface area (Å²) in [4.78, 5) is 10.8. The SMILES string of the molecule is CC(C)(C)c1cc(-c2ccc3c(c2)c2cccc4c2n3-c2cc(-c3cc(-c5ccccc5)nc(-c5ccccc5)n3)cc3c2B4c2cccc4c5cc(-c6cc(C(C)(C)C)cc(C(C)(C)C)c6)ccc5n-3c24)cc(C(C)(C)C)c1. The van der Waals surface area contributed by atoms with Crippen molar-refractivity contribution in [1.29, 1.82) is 0 Å². The fourth-order valence-electron chi connectivity index (χ4n) is 12.8. The largest absolute Gasteiger partial charge is 0.310 e. The van der Waals surface area contributed by atoms with E-state index in [1.165, 1.54) is 116 Å². The molecule has 386 valence electrons. The molecule has 12 aromatic rings. The van der Waals surface area contributed by atoms with Crippen molar-refractivity contribution in [3.8, 4) is 67.5 Å². The molecule has 0 radical (unpaired) electrons. The monoisotopic (exact) mass is 1020 g/mol. The Morgan fingerprint density at radius 3 is 1.14 bits per heavy atom. The van der Waals surface area contributed by atoms with Gasteiger partial charge >= 0.3 is 0 Å². The second-order valence-corrected chi connectivity index (χ2v) is 26.8. The number of nitrogens with zero attached hydrogens (tertiary/aromatic N) is 4. The molecule has 5 heterocycles. The molecule has 4 nitrogen and oxygen atoms in total. The zero-order chi connectivity index (χ0) is 54.7. The summed E-state index contributed by atoms with van der Waals surface area (Å²) in [6.45, 7) is 27.9. The van der Waals surface area contributed by atoms with Gasteiger partial charge in [-0.05, 0) is 125 Å². The van der Waals surface area contributed by atoms with Gasteiger partial charge in [0.05, 0.1) is 22.4 Å². The van der Waals surface area contributed by atoms with E-state index in [-0.39, 0.29) is 28.4 Å². The Labute approximate surface area is 465 Å². The highest BCUT2D eigenvalue weighted by Gasteiger charge is 2.41. The third-order valence-electron chi connectivity index (χ3n) is 17.3. The van der Waals surface area contributed by atoms with Crippen molar-refractivity contribution in [2.24, 2.45) is 0 Å². The van der Waals surface area contributed by atoms with E-state index in [0.29, 0.717) is 5.82 Å². The average Bonchev–Trinajstić information content (AvgIpc) is 3.01. The molecule has 0 N–H and O–H groups in total. The van der Waals surface area contributed by atoms with Gasteiger partial charge in [0.1, 0.15) is 0 Å². The minimum Gasteiger partial charge on any atom is -0.310 e. The van der Waals surface area contributed by atoms with E-state index >= 15 is 0 Å². The van der Waals surface area contributed by atoms with Crippen molar-refractivity contribution < 1.29 is 0 Å². The van der Waals surface area contributed by atoms with E-state index in [2.05, 4.69) is 280 Å². The fraction of sp³-hybridized carbons (Fsp3) is 0.216. The van der Waals surface area contributed by atoms with Crippen LogP contribution in [0.5, 0.6) is 0 Å². The molecule has 0 amide bonds. The molecule has 0 atom stereocenters. The Balaban J connectivity index is 1.06. The van der Waals surface area contributed by atoms with Crippen molar-refractivity contribution in [2.75, 3.05) is 0 Å². The van der Waals surface area contributed by atoms with Crippen molar-refractivity contribution in [3.63, 3.8) is 0 Å². The Morgan fingerprint density at radius 2 is 0.722 bits per heavy atom. The van der Waals surface area contributed by atoms with Gasteiger partial charge in [0.25, 0.3) is 6.71 Å². The fourth-order valence-corrected chi connectivity index (χ4v) is 12.8. The number of para-hydroxylation sites is 2. The van der Waals surface area contributed by atoms with E-state index in [4.69, 9.17) is 9.97 Å². The summed E-state index contributed by atoms with van der Waals surface area (Å²) in [6, 6.07) is 71.2. The lowest BCUT2D eigenvalue weighted by Gasteiger charge is -2.34. The quantitative estimate of drug-likeness (QED) is 0.161. The molecule has 0 unspecified atom stereocenters. The highest BCUT2D eigenvalue weighted by Crippen LogP contribution is 2.44. The van der Waals surface area contributed by atoms with Gasteiger partial charge in [-0.15, -0.1) is 0 Å². The highest BCUT2D eigenvalue weighted by atomic mass is 15.0. The third kappa shape index (κ3) is 7.86. The zero-order valence-corrected chi connectivity index (χ0v) is 47.8. The summed E-state index contributed by atoms with van der Waals surface area (Å²) in [5, 5.41) is 5.05. The van der Waals surface area contributed by atoms with Crippen molar-refractivity contribution in [2.45, 2.75) is 105 Å². The number of benzene rings is 9. The molecule has 5 heteroatoms. The third-order valence-corrected chi connectivity index (χ3v) is 17.3. The first kappa shape index (κ1) is 49.1. The Bertz CT molecular complexity index is 4160. The van der Waals surface area contributed by atoms with Crippen LogP contribution in [-0.4, -0.2) is 25.8 Å². The number of fused-ring (bicyclic) bond motifs is 10. The van der Waals surface area contributed by atoms with Crippen LogP contribution < -0.4 is 16.4 Å². The van der Waals surface area contributed by atoms with Gasteiger partial charge in [-0.25, -0.2) is 9.97 Å². The Hall–Kier alpha value is -8.28. The first-order chi connectivity index (χ1) is 37.7. The standard InChI is InChI=1S/C74H67BN4/c1-71(2,3)51-33-48(34-52(41-51)72(4,5)6)46-29-31-63-57(37-46)55-25-19-27-59-68(55)78(63)65-39-50(62-43-61(44-21-15-13-16-22-44)76-70(77-62)45-23-17-14-18-24-45)40-66-67(65)75(59)60-28-20-26-56-58-38-47(30-32-64(58)79(66)69(56)60)49-35-53(73(7,8)9)42-54(36-49)74(10,11)12/h13-43H,1-12H3. The molecule has 3 aromatic heterocycles. The predicted molar refractivity (Wildman–Crippen MR) is 337 cm³/mol. The molecule has 2 aliphatic rings. The van der Waals surface area contributed by atoms with E-state index in [9.17, 15) is 0 Å². The van der Waals surface area contributed by atoms with Gasteiger partial charge < -0.3 is 9.13 Å². The minimum atomic E-state index is -0.0141. The van der Waals surface area contributed by atoms with Crippen LogP contribution in [0.3, 0.4) is 0 Å². The summed E-state index contributed by atoms with van der Waals surface area (Å²) in [5.41, 5.74) is 26.6. The number of aromatic nitrogens is 4. The number of hydrogen-bond acceptors (Lipinski definition) is 2.